The zero-order chi connectivity index (χ0) is 11.5. The molecule has 0 aromatic rings. The molecule has 2 nitrogen and oxygen atoms in total. The van der Waals surface area contributed by atoms with Crippen molar-refractivity contribution in [2.24, 2.45) is 5.92 Å². The third kappa shape index (κ3) is 7.24. The molecule has 1 aliphatic rings. The third-order valence-electron chi connectivity index (χ3n) is 3.72. The predicted molar refractivity (Wildman–Crippen MR) is 69.6 cm³/mol. The lowest BCUT2D eigenvalue weighted by atomic mass is 9.87. The maximum Gasteiger partial charge on any atom is 0.0431 e. The highest BCUT2D eigenvalue weighted by molar-refractivity contribution is 4.66. The van der Waals surface area contributed by atoms with E-state index in [9.17, 15) is 0 Å². The van der Waals surface area contributed by atoms with Gasteiger partial charge in [0.1, 0.15) is 0 Å². The molecule has 16 heavy (non-hydrogen) atoms. The number of rotatable bonds is 9. The number of unbranched alkanes of at least 4 members (excludes halogenated alkanes) is 3. The Morgan fingerprint density at radius 1 is 0.875 bits per heavy atom. The van der Waals surface area contributed by atoms with Gasteiger partial charge >= 0.3 is 0 Å². The van der Waals surface area contributed by atoms with Crippen molar-refractivity contribution in [3.05, 3.63) is 0 Å². The number of aliphatic hydroxyl groups is 1. The van der Waals surface area contributed by atoms with Gasteiger partial charge in [-0.2, -0.15) is 0 Å². The average Bonchev–Trinajstić information content (AvgIpc) is 2.34. The van der Waals surface area contributed by atoms with Crippen LogP contribution in [-0.4, -0.2) is 24.8 Å². The largest absolute Gasteiger partial charge is 0.396 e. The third-order valence-corrected chi connectivity index (χ3v) is 3.72. The summed E-state index contributed by atoms with van der Waals surface area (Å²) < 4.78 is 0. The van der Waals surface area contributed by atoms with Gasteiger partial charge in [-0.1, -0.05) is 44.9 Å². The molecule has 0 aromatic heterocycles. The lowest BCUT2D eigenvalue weighted by Crippen LogP contribution is -2.20. The van der Waals surface area contributed by atoms with E-state index < -0.39 is 0 Å². The summed E-state index contributed by atoms with van der Waals surface area (Å²) in [5.74, 6) is 1.01. The first-order chi connectivity index (χ1) is 7.93. The van der Waals surface area contributed by atoms with Crippen LogP contribution in [0.4, 0.5) is 0 Å². The van der Waals surface area contributed by atoms with Crippen molar-refractivity contribution in [1.82, 2.24) is 5.32 Å². The topological polar surface area (TPSA) is 32.3 Å². The summed E-state index contributed by atoms with van der Waals surface area (Å²) in [4.78, 5) is 0. The maximum atomic E-state index is 8.64. The lowest BCUT2D eigenvalue weighted by Gasteiger charge is -2.21. The molecule has 1 fully saturated rings. The van der Waals surface area contributed by atoms with Crippen molar-refractivity contribution in [2.75, 3.05) is 19.7 Å². The van der Waals surface area contributed by atoms with E-state index in [2.05, 4.69) is 5.32 Å². The molecule has 0 saturated heterocycles. The van der Waals surface area contributed by atoms with Crippen molar-refractivity contribution in [3.8, 4) is 0 Å². The van der Waals surface area contributed by atoms with E-state index in [1.807, 2.05) is 0 Å². The Balaban J connectivity index is 1.77. The Bertz CT molecular complexity index is 144. The molecular formula is C14H29NO. The molecule has 1 rings (SSSR count). The zero-order valence-electron chi connectivity index (χ0n) is 10.7. The molecule has 2 heteroatoms. The second-order valence-electron chi connectivity index (χ2n) is 5.18. The fourth-order valence-corrected chi connectivity index (χ4v) is 2.62. The van der Waals surface area contributed by atoms with E-state index in [0.717, 1.165) is 18.9 Å². The highest BCUT2D eigenvalue weighted by Crippen LogP contribution is 2.25. The minimum Gasteiger partial charge on any atom is -0.396 e. The summed E-state index contributed by atoms with van der Waals surface area (Å²) >= 11 is 0. The van der Waals surface area contributed by atoms with Crippen LogP contribution in [0.25, 0.3) is 0 Å². The second-order valence-corrected chi connectivity index (χ2v) is 5.18. The van der Waals surface area contributed by atoms with Crippen LogP contribution < -0.4 is 5.32 Å². The van der Waals surface area contributed by atoms with E-state index in [0.29, 0.717) is 6.61 Å². The molecule has 0 aliphatic heterocycles. The first-order valence-electron chi connectivity index (χ1n) is 7.25. The SMILES string of the molecule is OCCCCCCNCCC1CCCCC1. The smallest absolute Gasteiger partial charge is 0.0431 e. The van der Waals surface area contributed by atoms with Crippen molar-refractivity contribution in [1.29, 1.82) is 0 Å². The first-order valence-corrected chi connectivity index (χ1v) is 7.25. The van der Waals surface area contributed by atoms with Gasteiger partial charge in [0.2, 0.25) is 0 Å². The van der Waals surface area contributed by atoms with E-state index in [4.69, 9.17) is 5.11 Å². The Hall–Kier alpha value is -0.0800. The second kappa shape index (κ2) is 10.1. The Morgan fingerprint density at radius 2 is 1.62 bits per heavy atom. The highest BCUT2D eigenvalue weighted by Gasteiger charge is 2.12. The van der Waals surface area contributed by atoms with Gasteiger partial charge in [0.25, 0.3) is 0 Å². The molecular weight excluding hydrogens is 198 g/mol. The van der Waals surface area contributed by atoms with Gasteiger partial charge in [-0.25, -0.2) is 0 Å². The van der Waals surface area contributed by atoms with Crippen molar-refractivity contribution >= 4 is 0 Å². The monoisotopic (exact) mass is 227 g/mol. The molecule has 0 bridgehead atoms. The van der Waals surface area contributed by atoms with Crippen molar-refractivity contribution in [2.45, 2.75) is 64.2 Å². The average molecular weight is 227 g/mol. The number of nitrogens with one attached hydrogen (secondary N) is 1. The molecule has 0 heterocycles. The van der Waals surface area contributed by atoms with Gasteiger partial charge in [0.15, 0.2) is 0 Å². The standard InChI is InChI=1S/C14H29NO/c16-13-7-2-1-6-11-15-12-10-14-8-4-3-5-9-14/h14-16H,1-13H2. The Kier molecular flexibility index (Phi) is 8.83. The van der Waals surface area contributed by atoms with Crippen LogP contribution >= 0.6 is 0 Å². The summed E-state index contributed by atoms with van der Waals surface area (Å²) in [5.41, 5.74) is 0. The predicted octanol–water partition coefficient (Wildman–Crippen LogP) is 3.10. The molecule has 0 radical (unpaired) electrons. The fourth-order valence-electron chi connectivity index (χ4n) is 2.62. The summed E-state index contributed by atoms with van der Waals surface area (Å²) in [5, 5.41) is 12.2. The highest BCUT2D eigenvalue weighted by atomic mass is 16.2. The van der Waals surface area contributed by atoms with Gasteiger partial charge in [0, 0.05) is 6.61 Å². The maximum absolute atomic E-state index is 8.64. The normalized spacial score (nSPS) is 17.8. The van der Waals surface area contributed by atoms with Crippen LogP contribution in [0.2, 0.25) is 0 Å². The van der Waals surface area contributed by atoms with Crippen LogP contribution in [0.1, 0.15) is 64.2 Å². The molecule has 0 atom stereocenters. The fraction of sp³-hybridized carbons (Fsp3) is 1.00. The van der Waals surface area contributed by atoms with Gasteiger partial charge in [-0.3, -0.25) is 0 Å². The first kappa shape index (κ1) is 14.0. The zero-order valence-corrected chi connectivity index (χ0v) is 10.7. The Labute approximate surface area is 101 Å². The van der Waals surface area contributed by atoms with Crippen LogP contribution in [0.3, 0.4) is 0 Å². The van der Waals surface area contributed by atoms with Crippen LogP contribution in [0.5, 0.6) is 0 Å². The molecule has 2 N–H and O–H groups in total. The van der Waals surface area contributed by atoms with Gasteiger partial charge < -0.3 is 10.4 Å². The van der Waals surface area contributed by atoms with Gasteiger partial charge in [0.05, 0.1) is 0 Å². The van der Waals surface area contributed by atoms with Crippen LogP contribution in [0, 0.1) is 5.92 Å². The molecule has 0 aromatic carbocycles. The number of hydrogen-bond acceptors (Lipinski definition) is 2. The molecule has 1 saturated carbocycles. The Morgan fingerprint density at radius 3 is 2.38 bits per heavy atom. The minimum atomic E-state index is 0.356. The number of aliphatic hydroxyl groups excluding tert-OH is 1. The molecule has 0 unspecified atom stereocenters. The summed E-state index contributed by atoms with van der Waals surface area (Å²) in [7, 11) is 0. The van der Waals surface area contributed by atoms with Gasteiger partial charge in [-0.15, -0.1) is 0 Å². The summed E-state index contributed by atoms with van der Waals surface area (Å²) in [6, 6.07) is 0. The van der Waals surface area contributed by atoms with Gasteiger partial charge in [-0.05, 0) is 38.3 Å². The molecule has 96 valence electrons. The molecule has 0 amide bonds. The van der Waals surface area contributed by atoms with E-state index in [1.54, 1.807) is 0 Å². The van der Waals surface area contributed by atoms with Crippen LogP contribution in [0.15, 0.2) is 0 Å². The van der Waals surface area contributed by atoms with E-state index in [-0.39, 0.29) is 0 Å². The minimum absolute atomic E-state index is 0.356. The summed E-state index contributed by atoms with van der Waals surface area (Å²) in [6.45, 7) is 2.73. The van der Waals surface area contributed by atoms with E-state index in [1.165, 1.54) is 64.3 Å². The molecule has 0 spiro atoms. The lowest BCUT2D eigenvalue weighted by molar-refractivity contribution is 0.282. The molecule has 1 aliphatic carbocycles. The van der Waals surface area contributed by atoms with Crippen molar-refractivity contribution in [3.63, 3.8) is 0 Å². The van der Waals surface area contributed by atoms with Crippen molar-refractivity contribution < 1.29 is 5.11 Å². The van der Waals surface area contributed by atoms with Crippen LogP contribution in [-0.2, 0) is 0 Å². The number of hydrogen-bond donors (Lipinski definition) is 2. The quantitative estimate of drug-likeness (QED) is 0.593. The summed E-state index contributed by atoms with van der Waals surface area (Å²) in [6.07, 6.45) is 13.4. The van der Waals surface area contributed by atoms with E-state index >= 15 is 0 Å².